The Hall–Kier alpha value is -3.15. The van der Waals surface area contributed by atoms with Crippen LogP contribution in [0.15, 0.2) is 54.6 Å². The van der Waals surface area contributed by atoms with E-state index in [4.69, 9.17) is 4.74 Å². The Morgan fingerprint density at radius 3 is 2.43 bits per heavy atom. The Kier molecular flexibility index (Phi) is 4.05. The molecule has 1 N–H and O–H groups in total. The third kappa shape index (κ3) is 3.21. The number of anilines is 1. The van der Waals surface area contributed by atoms with E-state index in [9.17, 15) is 4.79 Å². The highest BCUT2D eigenvalue weighted by Crippen LogP contribution is 2.16. The van der Waals surface area contributed by atoms with Crippen LogP contribution >= 0.6 is 0 Å². The number of hydrogen-bond donors (Lipinski definition) is 1. The number of carbonyl (C=O) groups is 1. The van der Waals surface area contributed by atoms with Gasteiger partial charge in [0.2, 0.25) is 5.82 Å². The first-order valence-electron chi connectivity index (χ1n) is 7.12. The Morgan fingerprint density at radius 2 is 1.78 bits per heavy atom. The second-order valence-electron chi connectivity index (χ2n) is 4.91. The number of para-hydroxylation sites is 1. The number of aromatic nitrogens is 3. The summed E-state index contributed by atoms with van der Waals surface area (Å²) in [6, 6.07) is 16.6. The van der Waals surface area contributed by atoms with Crippen molar-refractivity contribution < 1.29 is 9.53 Å². The molecule has 0 saturated carbocycles. The minimum Gasteiger partial charge on any atom is -0.497 e. The van der Waals surface area contributed by atoms with Crippen LogP contribution in [-0.2, 0) is 0 Å². The topological polar surface area (TPSA) is 69.0 Å². The van der Waals surface area contributed by atoms with Crippen molar-refractivity contribution in [1.29, 1.82) is 0 Å². The second kappa shape index (κ2) is 6.31. The molecule has 0 unspecified atom stereocenters. The van der Waals surface area contributed by atoms with Gasteiger partial charge in [0.1, 0.15) is 11.6 Å². The van der Waals surface area contributed by atoms with Gasteiger partial charge in [0.05, 0.1) is 12.8 Å². The third-order valence-electron chi connectivity index (χ3n) is 3.32. The van der Waals surface area contributed by atoms with Gasteiger partial charge in [-0.1, -0.05) is 18.2 Å². The van der Waals surface area contributed by atoms with Gasteiger partial charge in [0.25, 0.3) is 5.91 Å². The van der Waals surface area contributed by atoms with Crippen molar-refractivity contribution in [3.63, 3.8) is 0 Å². The number of carbonyl (C=O) groups excluding carboxylic acids is 1. The average molecular weight is 308 g/mol. The number of nitrogens with zero attached hydrogens (tertiary/aromatic N) is 3. The van der Waals surface area contributed by atoms with Crippen LogP contribution in [0.5, 0.6) is 5.75 Å². The number of amides is 1. The monoisotopic (exact) mass is 308 g/mol. The van der Waals surface area contributed by atoms with Crippen molar-refractivity contribution in [2.75, 3.05) is 12.4 Å². The summed E-state index contributed by atoms with van der Waals surface area (Å²) in [7, 11) is 1.59. The minimum atomic E-state index is -0.354. The van der Waals surface area contributed by atoms with Crippen molar-refractivity contribution in [3.8, 4) is 11.4 Å². The minimum absolute atomic E-state index is 0.127. The number of methoxy groups -OCH3 is 1. The van der Waals surface area contributed by atoms with Crippen molar-refractivity contribution >= 4 is 11.6 Å². The van der Waals surface area contributed by atoms with Gasteiger partial charge < -0.3 is 10.1 Å². The maximum Gasteiger partial charge on any atom is 0.295 e. The normalized spacial score (nSPS) is 10.3. The fourth-order valence-electron chi connectivity index (χ4n) is 2.16. The quantitative estimate of drug-likeness (QED) is 0.804. The molecule has 0 atom stereocenters. The van der Waals surface area contributed by atoms with Crippen molar-refractivity contribution in [2.24, 2.45) is 0 Å². The average Bonchev–Trinajstić information content (AvgIpc) is 2.98. The molecule has 3 aromatic rings. The first-order chi connectivity index (χ1) is 11.2. The third-order valence-corrected chi connectivity index (χ3v) is 3.32. The maximum atomic E-state index is 12.3. The summed E-state index contributed by atoms with van der Waals surface area (Å²) in [5.41, 5.74) is 1.52. The molecule has 0 aliphatic heterocycles. The van der Waals surface area contributed by atoms with Crippen molar-refractivity contribution in [1.82, 2.24) is 14.8 Å². The highest BCUT2D eigenvalue weighted by Gasteiger charge is 2.15. The van der Waals surface area contributed by atoms with Crippen LogP contribution in [0.4, 0.5) is 5.69 Å². The van der Waals surface area contributed by atoms with Gasteiger partial charge in [0, 0.05) is 5.69 Å². The number of hydrogen-bond acceptors (Lipinski definition) is 4. The Balaban J connectivity index is 1.80. The molecule has 1 aromatic heterocycles. The molecular formula is C17H16N4O2. The molecule has 3 rings (SSSR count). The molecule has 0 aliphatic rings. The highest BCUT2D eigenvalue weighted by molar-refractivity contribution is 6.01. The summed E-state index contributed by atoms with van der Waals surface area (Å²) in [5.74, 6) is 1.15. The molecule has 0 fully saturated rings. The van der Waals surface area contributed by atoms with Crippen LogP contribution in [0.1, 0.15) is 16.4 Å². The van der Waals surface area contributed by atoms with E-state index >= 15 is 0 Å². The van der Waals surface area contributed by atoms with Crippen LogP contribution in [-0.4, -0.2) is 27.8 Å². The van der Waals surface area contributed by atoms with E-state index in [0.29, 0.717) is 11.5 Å². The standard InChI is InChI=1S/C17H16N4O2/c1-12-18-16(20-21(12)14-6-4-3-5-7-14)17(22)19-13-8-10-15(23-2)11-9-13/h3-11H,1-2H3,(H,19,22). The molecule has 0 bridgehead atoms. The van der Waals surface area contributed by atoms with E-state index in [0.717, 1.165) is 11.4 Å². The second-order valence-corrected chi connectivity index (χ2v) is 4.91. The summed E-state index contributed by atoms with van der Waals surface area (Å²) in [4.78, 5) is 16.5. The highest BCUT2D eigenvalue weighted by atomic mass is 16.5. The van der Waals surface area contributed by atoms with E-state index in [2.05, 4.69) is 15.4 Å². The predicted molar refractivity (Wildman–Crippen MR) is 87.0 cm³/mol. The molecule has 0 radical (unpaired) electrons. The van der Waals surface area contributed by atoms with Gasteiger partial charge in [0.15, 0.2) is 0 Å². The zero-order valence-electron chi connectivity index (χ0n) is 12.9. The number of aryl methyl sites for hydroxylation is 1. The lowest BCUT2D eigenvalue weighted by Crippen LogP contribution is -2.14. The van der Waals surface area contributed by atoms with Crippen molar-refractivity contribution in [3.05, 3.63) is 66.2 Å². The molecule has 6 heteroatoms. The maximum absolute atomic E-state index is 12.3. The summed E-state index contributed by atoms with van der Waals surface area (Å²) in [6.45, 7) is 1.81. The lowest BCUT2D eigenvalue weighted by atomic mass is 10.3. The summed E-state index contributed by atoms with van der Waals surface area (Å²) >= 11 is 0. The molecule has 0 spiro atoms. The lowest BCUT2D eigenvalue weighted by Gasteiger charge is -2.04. The molecule has 2 aromatic carbocycles. The Bertz CT molecular complexity index is 810. The molecule has 6 nitrogen and oxygen atoms in total. The van der Waals surface area contributed by atoms with Gasteiger partial charge in [-0.3, -0.25) is 4.79 Å². The first kappa shape index (κ1) is 14.8. The van der Waals surface area contributed by atoms with Gasteiger partial charge >= 0.3 is 0 Å². The van der Waals surface area contributed by atoms with Gasteiger partial charge in [-0.15, -0.1) is 5.10 Å². The number of rotatable bonds is 4. The lowest BCUT2D eigenvalue weighted by molar-refractivity contribution is 0.101. The SMILES string of the molecule is COc1ccc(NC(=O)c2nc(C)n(-c3ccccc3)n2)cc1. The van der Waals surface area contributed by atoms with Crippen LogP contribution in [0.25, 0.3) is 5.69 Å². The zero-order chi connectivity index (χ0) is 16.2. The largest absolute Gasteiger partial charge is 0.497 e. The smallest absolute Gasteiger partial charge is 0.295 e. The van der Waals surface area contributed by atoms with Gasteiger partial charge in [-0.2, -0.15) is 0 Å². The van der Waals surface area contributed by atoms with Crippen molar-refractivity contribution in [2.45, 2.75) is 6.92 Å². The van der Waals surface area contributed by atoms with Crippen LogP contribution < -0.4 is 10.1 Å². The number of ether oxygens (including phenoxy) is 1. The van der Waals surface area contributed by atoms with E-state index in [1.54, 1.807) is 36.1 Å². The number of benzene rings is 2. The predicted octanol–water partition coefficient (Wildman–Crippen LogP) is 2.84. The zero-order valence-corrected chi connectivity index (χ0v) is 12.9. The van der Waals surface area contributed by atoms with E-state index in [1.807, 2.05) is 37.3 Å². The molecule has 116 valence electrons. The van der Waals surface area contributed by atoms with Crippen LogP contribution in [0, 0.1) is 6.92 Å². The molecule has 1 heterocycles. The molecular weight excluding hydrogens is 292 g/mol. The molecule has 23 heavy (non-hydrogen) atoms. The van der Waals surface area contributed by atoms with Gasteiger partial charge in [-0.05, 0) is 43.3 Å². The van der Waals surface area contributed by atoms with Crippen LogP contribution in [0.2, 0.25) is 0 Å². The Labute approximate surface area is 133 Å². The fraction of sp³-hybridized carbons (Fsp3) is 0.118. The van der Waals surface area contributed by atoms with E-state index in [1.165, 1.54) is 0 Å². The Morgan fingerprint density at radius 1 is 1.09 bits per heavy atom. The van der Waals surface area contributed by atoms with Crippen LogP contribution in [0.3, 0.4) is 0 Å². The molecule has 0 aliphatic carbocycles. The molecule has 0 saturated heterocycles. The summed E-state index contributed by atoms with van der Waals surface area (Å²) < 4.78 is 6.73. The summed E-state index contributed by atoms with van der Waals surface area (Å²) in [6.07, 6.45) is 0. The van der Waals surface area contributed by atoms with E-state index < -0.39 is 0 Å². The molecule has 1 amide bonds. The summed E-state index contributed by atoms with van der Waals surface area (Å²) in [5, 5.41) is 7.05. The first-order valence-corrected chi connectivity index (χ1v) is 7.12. The number of nitrogens with one attached hydrogen (secondary N) is 1. The van der Waals surface area contributed by atoms with E-state index in [-0.39, 0.29) is 11.7 Å². The fourth-order valence-corrected chi connectivity index (χ4v) is 2.16. The van der Waals surface area contributed by atoms with Gasteiger partial charge in [-0.25, -0.2) is 9.67 Å².